The summed E-state index contributed by atoms with van der Waals surface area (Å²) in [5.41, 5.74) is 4.87. The van der Waals surface area contributed by atoms with Gasteiger partial charge in [-0.25, -0.2) is 4.98 Å². The van der Waals surface area contributed by atoms with Gasteiger partial charge in [-0.3, -0.25) is 5.32 Å². The summed E-state index contributed by atoms with van der Waals surface area (Å²) >= 11 is 0. The van der Waals surface area contributed by atoms with Crippen LogP contribution in [0.2, 0.25) is 0 Å². The van der Waals surface area contributed by atoms with Crippen molar-refractivity contribution in [1.29, 1.82) is 5.26 Å². The van der Waals surface area contributed by atoms with Gasteiger partial charge in [-0.15, -0.1) is 0 Å². The predicted molar refractivity (Wildman–Crippen MR) is 108 cm³/mol. The number of fused-ring (bicyclic) bond motifs is 1. The van der Waals surface area contributed by atoms with Crippen molar-refractivity contribution in [1.82, 2.24) is 0 Å². The molecule has 0 saturated carbocycles. The van der Waals surface area contributed by atoms with Crippen LogP contribution in [0.15, 0.2) is 30.3 Å². The molecule has 27 heavy (non-hydrogen) atoms. The molecule has 0 unspecified atom stereocenters. The van der Waals surface area contributed by atoms with E-state index in [0.717, 1.165) is 53.2 Å². The Kier molecular flexibility index (Phi) is 6.13. The van der Waals surface area contributed by atoms with Gasteiger partial charge in [0.2, 0.25) is 0 Å². The SMILES string of the molecule is CCCCCCNc1[nH+]c(-c2ccccc2)c2c(c1C#N)CC(C)(C)OC2. The number of pyridine rings is 1. The number of H-pyrrole nitrogens is 1. The molecule has 0 bridgehead atoms. The molecule has 0 saturated heterocycles. The Hall–Kier alpha value is -2.38. The van der Waals surface area contributed by atoms with Crippen LogP contribution in [0.4, 0.5) is 5.82 Å². The highest BCUT2D eigenvalue weighted by molar-refractivity contribution is 5.67. The van der Waals surface area contributed by atoms with Crippen molar-refractivity contribution in [3.05, 3.63) is 47.0 Å². The van der Waals surface area contributed by atoms with Gasteiger partial charge in [-0.2, -0.15) is 5.26 Å². The Bertz CT molecular complexity index is 822. The number of anilines is 1. The normalized spacial score (nSPS) is 15.0. The van der Waals surface area contributed by atoms with Gasteiger partial charge in [0.15, 0.2) is 0 Å². The van der Waals surface area contributed by atoms with E-state index in [9.17, 15) is 5.26 Å². The second kappa shape index (κ2) is 8.54. The predicted octanol–water partition coefficient (Wildman–Crippen LogP) is 4.88. The topological polar surface area (TPSA) is 59.2 Å². The number of nitrogens with zero attached hydrogens (tertiary/aromatic N) is 1. The van der Waals surface area contributed by atoms with Crippen molar-refractivity contribution in [2.75, 3.05) is 11.9 Å². The number of nitriles is 1. The number of ether oxygens (including phenoxy) is 1. The zero-order valence-electron chi connectivity index (χ0n) is 16.7. The highest BCUT2D eigenvalue weighted by Crippen LogP contribution is 2.35. The van der Waals surface area contributed by atoms with E-state index in [2.05, 4.69) is 49.3 Å². The Labute approximate surface area is 162 Å². The standard InChI is InChI=1S/C23H29N3O/c1-4-5-6-10-13-25-22-19(15-24)18-14-23(2,3)27-16-20(18)21(26-22)17-11-8-7-9-12-17/h7-9,11-12H,4-6,10,13-14,16H2,1-3H3,(H,25,26)/p+1. The van der Waals surface area contributed by atoms with Crippen molar-refractivity contribution < 1.29 is 9.72 Å². The molecule has 4 heteroatoms. The molecule has 4 nitrogen and oxygen atoms in total. The second-order valence-corrected chi connectivity index (χ2v) is 7.90. The zero-order chi connectivity index (χ0) is 19.3. The van der Waals surface area contributed by atoms with Crippen LogP contribution in [-0.4, -0.2) is 12.1 Å². The molecule has 0 aliphatic carbocycles. The number of rotatable bonds is 7. The lowest BCUT2D eigenvalue weighted by atomic mass is 9.87. The van der Waals surface area contributed by atoms with E-state index < -0.39 is 0 Å². The number of unbranched alkanes of at least 4 members (excludes halogenated alkanes) is 3. The fourth-order valence-corrected chi connectivity index (χ4v) is 3.69. The van der Waals surface area contributed by atoms with Crippen molar-refractivity contribution >= 4 is 5.82 Å². The van der Waals surface area contributed by atoms with Crippen LogP contribution in [-0.2, 0) is 17.8 Å². The van der Waals surface area contributed by atoms with Gasteiger partial charge in [0.1, 0.15) is 17.3 Å². The second-order valence-electron chi connectivity index (χ2n) is 7.90. The minimum absolute atomic E-state index is 0.258. The Morgan fingerprint density at radius 2 is 1.93 bits per heavy atom. The Morgan fingerprint density at radius 3 is 2.63 bits per heavy atom. The molecule has 142 valence electrons. The maximum Gasteiger partial charge on any atom is 0.291 e. The molecule has 2 N–H and O–H groups in total. The summed E-state index contributed by atoms with van der Waals surface area (Å²) in [7, 11) is 0. The molecule has 1 aromatic heterocycles. The molecule has 1 aliphatic heterocycles. The maximum atomic E-state index is 9.90. The van der Waals surface area contributed by atoms with Crippen molar-refractivity contribution in [2.45, 2.75) is 65.1 Å². The molecule has 3 rings (SSSR count). The van der Waals surface area contributed by atoms with Crippen LogP contribution in [0.25, 0.3) is 11.3 Å². The number of aromatic amines is 1. The first-order valence-electron chi connectivity index (χ1n) is 10.00. The smallest absolute Gasteiger partial charge is 0.291 e. The molecule has 0 fully saturated rings. The molecule has 2 heterocycles. The van der Waals surface area contributed by atoms with E-state index in [1.165, 1.54) is 19.3 Å². The molecule has 2 aromatic rings. The van der Waals surface area contributed by atoms with E-state index in [1.54, 1.807) is 0 Å². The highest BCUT2D eigenvalue weighted by atomic mass is 16.5. The Balaban J connectivity index is 2.01. The van der Waals surface area contributed by atoms with Gasteiger partial charge < -0.3 is 4.74 Å². The van der Waals surface area contributed by atoms with Gasteiger partial charge in [-0.1, -0.05) is 50.1 Å². The van der Waals surface area contributed by atoms with E-state index in [1.807, 2.05) is 18.2 Å². The van der Waals surface area contributed by atoms with Gasteiger partial charge >= 0.3 is 0 Å². The molecular formula is C23H30N3O+. The van der Waals surface area contributed by atoms with E-state index in [-0.39, 0.29) is 5.60 Å². The van der Waals surface area contributed by atoms with Crippen LogP contribution in [0.1, 0.15) is 63.1 Å². The first-order valence-corrected chi connectivity index (χ1v) is 10.00. The van der Waals surface area contributed by atoms with E-state index in [4.69, 9.17) is 4.74 Å². The van der Waals surface area contributed by atoms with E-state index >= 15 is 0 Å². The highest BCUT2D eigenvalue weighted by Gasteiger charge is 2.34. The molecule has 1 aromatic carbocycles. The van der Waals surface area contributed by atoms with Crippen molar-refractivity contribution in [2.24, 2.45) is 0 Å². The number of hydrogen-bond donors (Lipinski definition) is 1. The monoisotopic (exact) mass is 364 g/mol. The summed E-state index contributed by atoms with van der Waals surface area (Å²) in [6, 6.07) is 12.7. The minimum atomic E-state index is -0.258. The molecular weight excluding hydrogens is 334 g/mol. The van der Waals surface area contributed by atoms with Crippen LogP contribution in [0.5, 0.6) is 0 Å². The van der Waals surface area contributed by atoms with Gasteiger partial charge in [0.05, 0.1) is 18.8 Å². The van der Waals surface area contributed by atoms with Gasteiger partial charge in [0.25, 0.3) is 5.82 Å². The first-order chi connectivity index (χ1) is 13.1. The quantitative estimate of drug-likeness (QED) is 0.712. The summed E-state index contributed by atoms with van der Waals surface area (Å²) < 4.78 is 6.07. The third-order valence-electron chi connectivity index (χ3n) is 5.18. The van der Waals surface area contributed by atoms with Crippen LogP contribution in [0, 0.1) is 11.3 Å². The first kappa shape index (κ1) is 19.4. The summed E-state index contributed by atoms with van der Waals surface area (Å²) in [5.74, 6) is 0.837. The van der Waals surface area contributed by atoms with Crippen LogP contribution >= 0.6 is 0 Å². The van der Waals surface area contributed by atoms with Crippen molar-refractivity contribution in [3.8, 4) is 17.3 Å². The molecule has 0 atom stereocenters. The molecule has 0 amide bonds. The lowest BCUT2D eigenvalue weighted by Gasteiger charge is -2.32. The van der Waals surface area contributed by atoms with Gasteiger partial charge in [0, 0.05) is 17.5 Å². The lowest BCUT2D eigenvalue weighted by Crippen LogP contribution is -2.35. The maximum absolute atomic E-state index is 9.90. The van der Waals surface area contributed by atoms with E-state index in [0.29, 0.717) is 6.61 Å². The van der Waals surface area contributed by atoms with Gasteiger partial charge in [-0.05, 0) is 32.3 Å². The summed E-state index contributed by atoms with van der Waals surface area (Å²) in [6.45, 7) is 7.79. The van der Waals surface area contributed by atoms with Crippen LogP contribution in [0.3, 0.4) is 0 Å². The van der Waals surface area contributed by atoms with Crippen molar-refractivity contribution in [3.63, 3.8) is 0 Å². The fraction of sp³-hybridized carbons (Fsp3) is 0.478. The number of hydrogen-bond acceptors (Lipinski definition) is 3. The van der Waals surface area contributed by atoms with Crippen LogP contribution < -0.4 is 10.3 Å². The minimum Gasteiger partial charge on any atom is -0.370 e. The summed E-state index contributed by atoms with van der Waals surface area (Å²) in [6.07, 6.45) is 5.54. The Morgan fingerprint density at radius 1 is 1.15 bits per heavy atom. The third-order valence-corrected chi connectivity index (χ3v) is 5.18. The summed E-state index contributed by atoms with van der Waals surface area (Å²) in [4.78, 5) is 3.51. The average molecular weight is 365 g/mol. The zero-order valence-corrected chi connectivity index (χ0v) is 16.7. The number of nitrogens with one attached hydrogen (secondary N) is 2. The lowest BCUT2D eigenvalue weighted by molar-refractivity contribution is -0.349. The fourth-order valence-electron chi connectivity index (χ4n) is 3.69. The summed E-state index contributed by atoms with van der Waals surface area (Å²) in [5, 5.41) is 13.4. The third kappa shape index (κ3) is 4.48. The molecule has 0 spiro atoms. The average Bonchev–Trinajstić information content (AvgIpc) is 2.67. The number of aromatic nitrogens is 1. The largest absolute Gasteiger partial charge is 0.370 e. The number of benzene rings is 1. The molecule has 1 aliphatic rings. The molecule has 0 radical (unpaired) electrons.